The number of oxazole rings is 1. The lowest BCUT2D eigenvalue weighted by atomic mass is 10.00. The van der Waals surface area contributed by atoms with Crippen molar-refractivity contribution >= 4 is 81.2 Å². The smallest absolute Gasteiger partial charge is 0.227 e. The van der Waals surface area contributed by atoms with Gasteiger partial charge in [0.1, 0.15) is 5.52 Å². The molecule has 0 N–H and O–H groups in total. The van der Waals surface area contributed by atoms with Gasteiger partial charge in [-0.25, -0.2) is 4.98 Å². The van der Waals surface area contributed by atoms with E-state index in [1.165, 1.54) is 20.2 Å². The monoisotopic (exact) mass is 568 g/mol. The molecule has 0 unspecified atom stereocenters. The summed E-state index contributed by atoms with van der Waals surface area (Å²) in [6.45, 7) is 0. The highest BCUT2D eigenvalue weighted by molar-refractivity contribution is 7.25. The maximum absolute atomic E-state index is 6.50. The average molecular weight is 569 g/mol. The van der Waals surface area contributed by atoms with Gasteiger partial charge in [-0.05, 0) is 76.8 Å². The van der Waals surface area contributed by atoms with E-state index in [2.05, 4.69) is 120 Å². The molecule has 4 heteroatoms. The molecule has 0 bridgehead atoms. The van der Waals surface area contributed by atoms with Crippen LogP contribution in [0.15, 0.2) is 150 Å². The van der Waals surface area contributed by atoms with Crippen molar-refractivity contribution in [3.05, 3.63) is 146 Å². The molecule has 0 spiro atoms. The second-order valence-corrected chi connectivity index (χ2v) is 11.9. The van der Waals surface area contributed by atoms with Crippen molar-refractivity contribution in [1.82, 2.24) is 4.98 Å². The molecule has 9 aromatic rings. The fraction of sp³-hybridized carbons (Fsp3) is 0. The van der Waals surface area contributed by atoms with Gasteiger partial charge in [0.05, 0.1) is 0 Å². The number of hydrogen-bond acceptors (Lipinski definition) is 4. The number of hydrogen-bond donors (Lipinski definition) is 0. The SMILES string of the molecule is c1ccc(-c2nc3ccc4ccc5ccc(N(c6ccccc6)c6ccc7c(c6)sc6ccccc67)cc5c4c3o2)cc1. The fourth-order valence-corrected chi connectivity index (χ4v) is 7.37. The van der Waals surface area contributed by atoms with Crippen molar-refractivity contribution in [3.63, 3.8) is 0 Å². The third-order valence-electron chi connectivity index (χ3n) is 8.25. The number of anilines is 3. The van der Waals surface area contributed by atoms with Crippen LogP contribution in [-0.2, 0) is 0 Å². The minimum absolute atomic E-state index is 0.638. The molecule has 0 fully saturated rings. The van der Waals surface area contributed by atoms with Gasteiger partial charge >= 0.3 is 0 Å². The van der Waals surface area contributed by atoms with Gasteiger partial charge in [0.15, 0.2) is 5.58 Å². The molecule has 43 heavy (non-hydrogen) atoms. The van der Waals surface area contributed by atoms with Crippen LogP contribution in [0.2, 0.25) is 0 Å². The first kappa shape index (κ1) is 24.2. The molecule has 0 radical (unpaired) electrons. The second-order valence-electron chi connectivity index (χ2n) is 10.8. The molecule has 0 amide bonds. The van der Waals surface area contributed by atoms with Crippen LogP contribution in [0.3, 0.4) is 0 Å². The van der Waals surface area contributed by atoms with Crippen molar-refractivity contribution < 1.29 is 4.42 Å². The predicted molar refractivity (Wildman–Crippen MR) is 182 cm³/mol. The Morgan fingerprint density at radius 3 is 2.07 bits per heavy atom. The topological polar surface area (TPSA) is 29.3 Å². The van der Waals surface area contributed by atoms with Crippen LogP contribution in [0.25, 0.3) is 64.3 Å². The maximum Gasteiger partial charge on any atom is 0.227 e. The van der Waals surface area contributed by atoms with Crippen LogP contribution in [0, 0.1) is 0 Å². The minimum Gasteiger partial charge on any atom is -0.435 e. The number of thiophene rings is 1. The van der Waals surface area contributed by atoms with Gasteiger partial charge < -0.3 is 9.32 Å². The number of nitrogens with zero attached hydrogens (tertiary/aromatic N) is 2. The Hall–Kier alpha value is -5.45. The van der Waals surface area contributed by atoms with Gasteiger partial charge in [-0.2, -0.15) is 0 Å². The Bertz CT molecular complexity index is 2460. The molecule has 2 heterocycles. The first-order valence-electron chi connectivity index (χ1n) is 14.4. The Balaban J connectivity index is 1.28. The average Bonchev–Trinajstić information content (AvgIpc) is 3.67. The molecule has 0 saturated heterocycles. The summed E-state index contributed by atoms with van der Waals surface area (Å²) in [5.41, 5.74) is 5.97. The molecule has 202 valence electrons. The normalized spacial score (nSPS) is 11.7. The fourth-order valence-electron chi connectivity index (χ4n) is 6.23. The summed E-state index contributed by atoms with van der Waals surface area (Å²) in [7, 11) is 0. The lowest BCUT2D eigenvalue weighted by molar-refractivity contribution is 0.623. The van der Waals surface area contributed by atoms with Crippen molar-refractivity contribution in [2.75, 3.05) is 4.90 Å². The highest BCUT2D eigenvalue weighted by Gasteiger charge is 2.18. The van der Waals surface area contributed by atoms with Crippen molar-refractivity contribution in [1.29, 1.82) is 0 Å². The van der Waals surface area contributed by atoms with Crippen LogP contribution in [-0.4, -0.2) is 4.98 Å². The minimum atomic E-state index is 0.638. The molecule has 0 atom stereocenters. The first-order chi connectivity index (χ1) is 21.3. The molecule has 0 aliphatic carbocycles. The van der Waals surface area contributed by atoms with Gasteiger partial charge in [-0.3, -0.25) is 0 Å². The van der Waals surface area contributed by atoms with E-state index in [9.17, 15) is 0 Å². The van der Waals surface area contributed by atoms with Gasteiger partial charge in [-0.1, -0.05) is 84.9 Å². The molecular weight excluding hydrogens is 545 g/mol. The van der Waals surface area contributed by atoms with E-state index in [4.69, 9.17) is 9.40 Å². The van der Waals surface area contributed by atoms with E-state index in [1.807, 2.05) is 41.7 Å². The van der Waals surface area contributed by atoms with Crippen LogP contribution in [0.4, 0.5) is 17.1 Å². The van der Waals surface area contributed by atoms with Crippen molar-refractivity contribution in [2.24, 2.45) is 0 Å². The Morgan fingerprint density at radius 1 is 0.512 bits per heavy atom. The molecular formula is C39H24N2OS. The zero-order chi connectivity index (χ0) is 28.3. The largest absolute Gasteiger partial charge is 0.435 e. The van der Waals surface area contributed by atoms with E-state index in [-0.39, 0.29) is 0 Å². The zero-order valence-corrected chi connectivity index (χ0v) is 23.9. The third kappa shape index (κ3) is 3.92. The standard InChI is InChI=1S/C39H24N2OS/c1-3-9-27(10-4-1)39-40-34-22-18-26-16-15-25-17-19-29(23-33(25)37(26)38(34)42-39)41(28-11-5-2-6-12-28)30-20-21-32-31-13-7-8-14-35(31)43-36(32)24-30/h1-24H. The molecule has 0 aliphatic heterocycles. The third-order valence-corrected chi connectivity index (χ3v) is 9.39. The molecule has 0 saturated carbocycles. The summed E-state index contributed by atoms with van der Waals surface area (Å²) < 4.78 is 9.09. The Labute approximate surface area is 251 Å². The number of rotatable bonds is 4. The summed E-state index contributed by atoms with van der Waals surface area (Å²) in [6, 6.07) is 51.5. The van der Waals surface area contributed by atoms with Crippen LogP contribution in [0.5, 0.6) is 0 Å². The van der Waals surface area contributed by atoms with E-state index >= 15 is 0 Å². The highest BCUT2D eigenvalue weighted by atomic mass is 32.1. The van der Waals surface area contributed by atoms with Gasteiger partial charge in [0.2, 0.25) is 5.89 Å². The van der Waals surface area contributed by atoms with E-state index in [0.29, 0.717) is 5.89 Å². The summed E-state index contributed by atoms with van der Waals surface area (Å²) in [5, 5.41) is 7.12. The van der Waals surface area contributed by atoms with Gasteiger partial charge in [0.25, 0.3) is 0 Å². The number of fused-ring (bicyclic) bond motifs is 8. The molecule has 7 aromatic carbocycles. The van der Waals surface area contributed by atoms with E-state index < -0.39 is 0 Å². The number of para-hydroxylation sites is 1. The van der Waals surface area contributed by atoms with Crippen LogP contribution in [0.1, 0.15) is 0 Å². The first-order valence-corrected chi connectivity index (χ1v) is 15.2. The lowest BCUT2D eigenvalue weighted by Gasteiger charge is -2.26. The molecule has 9 rings (SSSR count). The van der Waals surface area contributed by atoms with Gasteiger partial charge in [0, 0.05) is 48.2 Å². The van der Waals surface area contributed by atoms with Crippen LogP contribution >= 0.6 is 11.3 Å². The molecule has 3 nitrogen and oxygen atoms in total. The Kier molecular flexibility index (Phi) is 5.37. The van der Waals surface area contributed by atoms with Crippen LogP contribution < -0.4 is 4.90 Å². The molecule has 2 aromatic heterocycles. The summed E-state index contributed by atoms with van der Waals surface area (Å²) in [5.74, 6) is 0.638. The van der Waals surface area contributed by atoms with Crippen molar-refractivity contribution in [2.45, 2.75) is 0 Å². The van der Waals surface area contributed by atoms with Gasteiger partial charge in [-0.15, -0.1) is 11.3 Å². The highest BCUT2D eigenvalue weighted by Crippen LogP contribution is 2.42. The zero-order valence-electron chi connectivity index (χ0n) is 23.1. The molecule has 0 aliphatic rings. The summed E-state index contributed by atoms with van der Waals surface area (Å²) in [6.07, 6.45) is 0. The second kappa shape index (κ2) is 9.55. The summed E-state index contributed by atoms with van der Waals surface area (Å²) in [4.78, 5) is 7.21. The predicted octanol–water partition coefficient (Wildman–Crippen LogP) is 11.6. The van der Waals surface area contributed by atoms with E-state index in [1.54, 1.807) is 0 Å². The Morgan fingerprint density at radius 2 is 1.19 bits per heavy atom. The number of aromatic nitrogens is 1. The summed E-state index contributed by atoms with van der Waals surface area (Å²) >= 11 is 1.84. The van der Waals surface area contributed by atoms with Crippen molar-refractivity contribution in [3.8, 4) is 11.5 Å². The quantitative estimate of drug-likeness (QED) is 0.198. The van der Waals surface area contributed by atoms with E-state index in [0.717, 1.165) is 55.3 Å². The maximum atomic E-state index is 6.50. The number of benzene rings is 7. The lowest BCUT2D eigenvalue weighted by Crippen LogP contribution is -2.09.